The molecule has 0 atom stereocenters. The summed E-state index contributed by atoms with van der Waals surface area (Å²) >= 11 is 3.43. The van der Waals surface area contributed by atoms with Gasteiger partial charge < -0.3 is 4.74 Å². The molecule has 7 heteroatoms. The Labute approximate surface area is 171 Å². The van der Waals surface area contributed by atoms with E-state index in [1.165, 1.54) is 3.97 Å². The van der Waals surface area contributed by atoms with Gasteiger partial charge in [-0.2, -0.15) is 0 Å². The minimum absolute atomic E-state index is 0.214. The van der Waals surface area contributed by atoms with Crippen molar-refractivity contribution < 1.29 is 13.2 Å². The zero-order valence-corrected chi connectivity index (χ0v) is 17.7. The van der Waals surface area contributed by atoms with Crippen molar-refractivity contribution in [3.63, 3.8) is 0 Å². The molecule has 28 heavy (non-hydrogen) atoms. The van der Waals surface area contributed by atoms with Crippen LogP contribution in [0.4, 0.5) is 0 Å². The first-order chi connectivity index (χ1) is 13.4. The van der Waals surface area contributed by atoms with Crippen molar-refractivity contribution in [3.8, 4) is 16.9 Å². The lowest BCUT2D eigenvalue weighted by molar-refractivity contribution is 0.416. The molecule has 0 aliphatic heterocycles. The molecule has 0 fully saturated rings. The maximum Gasteiger partial charge on any atom is 0.269 e. The Morgan fingerprint density at radius 3 is 2.46 bits per heavy atom. The van der Waals surface area contributed by atoms with Gasteiger partial charge in [0.1, 0.15) is 5.75 Å². The first-order valence-electron chi connectivity index (χ1n) is 8.54. The molecule has 2 aromatic carbocycles. The number of methoxy groups -OCH3 is 1. The van der Waals surface area contributed by atoms with Crippen LogP contribution >= 0.6 is 15.9 Å². The van der Waals surface area contributed by atoms with Gasteiger partial charge in [0.05, 0.1) is 12.0 Å². The summed E-state index contributed by atoms with van der Waals surface area (Å²) < 4.78 is 34.1. The Balaban J connectivity index is 2.02. The van der Waals surface area contributed by atoms with E-state index < -0.39 is 10.0 Å². The van der Waals surface area contributed by atoms with E-state index in [0.29, 0.717) is 11.4 Å². The summed E-state index contributed by atoms with van der Waals surface area (Å²) in [7, 11) is -2.21. The summed E-state index contributed by atoms with van der Waals surface area (Å²) in [5.74, 6) is 0.661. The summed E-state index contributed by atoms with van der Waals surface area (Å²) in [6, 6.07) is 16.2. The topological polar surface area (TPSA) is 61.2 Å². The van der Waals surface area contributed by atoms with Crippen LogP contribution < -0.4 is 4.74 Å². The van der Waals surface area contributed by atoms with Crippen LogP contribution in [0.15, 0.2) is 76.4 Å². The smallest absolute Gasteiger partial charge is 0.269 e. The van der Waals surface area contributed by atoms with Gasteiger partial charge in [0, 0.05) is 33.4 Å². The highest BCUT2D eigenvalue weighted by Gasteiger charge is 2.24. The Morgan fingerprint density at radius 2 is 1.75 bits per heavy atom. The molecular weight excluding hydrogens is 440 g/mol. The summed E-state index contributed by atoms with van der Waals surface area (Å²) in [5, 5.41) is 0.717. The van der Waals surface area contributed by atoms with Gasteiger partial charge in [-0.05, 0) is 47.1 Å². The van der Waals surface area contributed by atoms with Gasteiger partial charge in [-0.25, -0.2) is 17.4 Å². The van der Waals surface area contributed by atoms with Gasteiger partial charge in [0.25, 0.3) is 10.0 Å². The van der Waals surface area contributed by atoms with Gasteiger partial charge in [-0.15, -0.1) is 0 Å². The molecule has 2 heterocycles. The Hall–Kier alpha value is -2.64. The number of benzene rings is 2. The molecule has 142 valence electrons. The average Bonchev–Trinajstić information content (AvgIpc) is 3.07. The predicted molar refractivity (Wildman–Crippen MR) is 113 cm³/mol. The number of hydrogen-bond acceptors (Lipinski definition) is 4. The first kappa shape index (κ1) is 18.7. The number of pyridine rings is 1. The molecule has 0 amide bonds. The molecule has 0 N–H and O–H groups in total. The molecule has 0 saturated heterocycles. The van der Waals surface area contributed by atoms with Crippen LogP contribution in [0.1, 0.15) is 5.56 Å². The number of ether oxygens (including phenoxy) is 1. The third-order valence-electron chi connectivity index (χ3n) is 4.55. The second kappa shape index (κ2) is 7.07. The Morgan fingerprint density at radius 1 is 1.04 bits per heavy atom. The minimum atomic E-state index is -3.80. The number of hydrogen-bond donors (Lipinski definition) is 0. The van der Waals surface area contributed by atoms with Gasteiger partial charge in [-0.3, -0.25) is 0 Å². The number of rotatable bonds is 4. The minimum Gasteiger partial charge on any atom is -0.496 e. The lowest BCUT2D eigenvalue weighted by Crippen LogP contribution is -2.12. The molecule has 0 spiro atoms. The largest absolute Gasteiger partial charge is 0.496 e. The highest BCUT2D eigenvalue weighted by molar-refractivity contribution is 9.10. The third-order valence-corrected chi connectivity index (χ3v) is 6.65. The fraction of sp³-hybridized carbons (Fsp3) is 0.0952. The van der Waals surface area contributed by atoms with Crippen molar-refractivity contribution in [3.05, 3.63) is 77.0 Å². The zero-order valence-electron chi connectivity index (χ0n) is 15.3. The normalized spacial score (nSPS) is 11.7. The van der Waals surface area contributed by atoms with Crippen molar-refractivity contribution in [1.82, 2.24) is 8.96 Å². The van der Waals surface area contributed by atoms with E-state index in [1.54, 1.807) is 43.8 Å². The van der Waals surface area contributed by atoms with Crippen LogP contribution in [0.2, 0.25) is 0 Å². The number of aromatic nitrogens is 2. The highest BCUT2D eigenvalue weighted by Crippen LogP contribution is 2.37. The second-order valence-electron chi connectivity index (χ2n) is 6.38. The standard InChI is InChI=1S/C21H17BrN2O3S/c1-14-7-9-16(10-8-14)28(25,26)24-13-19(17-5-3-4-6-20(17)27-2)18-11-15(22)12-23-21(18)24/h3-13H,1-2H3. The third kappa shape index (κ3) is 3.10. The van der Waals surface area contributed by atoms with Crippen LogP contribution in [0, 0.1) is 6.92 Å². The molecule has 0 aliphatic carbocycles. The molecule has 0 unspecified atom stereocenters. The summed E-state index contributed by atoms with van der Waals surface area (Å²) in [6.45, 7) is 1.92. The van der Waals surface area contributed by atoms with E-state index in [2.05, 4.69) is 20.9 Å². The van der Waals surface area contributed by atoms with Crippen LogP contribution in [-0.2, 0) is 10.0 Å². The number of nitrogens with zero attached hydrogens (tertiary/aromatic N) is 2. The van der Waals surface area contributed by atoms with Crippen molar-refractivity contribution in [2.45, 2.75) is 11.8 Å². The monoisotopic (exact) mass is 456 g/mol. The van der Waals surface area contributed by atoms with Crippen molar-refractivity contribution in [1.29, 1.82) is 0 Å². The van der Waals surface area contributed by atoms with E-state index in [0.717, 1.165) is 26.5 Å². The molecule has 0 bridgehead atoms. The first-order valence-corrected chi connectivity index (χ1v) is 10.8. The maximum absolute atomic E-state index is 13.3. The fourth-order valence-corrected chi connectivity index (χ4v) is 4.80. The van der Waals surface area contributed by atoms with Gasteiger partial charge >= 0.3 is 0 Å². The maximum atomic E-state index is 13.3. The summed E-state index contributed by atoms with van der Waals surface area (Å²) in [5.41, 5.74) is 2.89. The molecule has 4 rings (SSSR count). The predicted octanol–water partition coefficient (Wildman–Crippen LogP) is 5.02. The number of para-hydroxylation sites is 1. The van der Waals surface area contributed by atoms with Crippen molar-refractivity contribution >= 4 is 37.0 Å². The number of aryl methyl sites for hydroxylation is 1. The van der Waals surface area contributed by atoms with Crippen LogP contribution in [0.3, 0.4) is 0 Å². The SMILES string of the molecule is COc1ccccc1-c1cn(S(=O)(=O)c2ccc(C)cc2)c2ncc(Br)cc12. The summed E-state index contributed by atoms with van der Waals surface area (Å²) in [6.07, 6.45) is 3.20. The lowest BCUT2D eigenvalue weighted by Gasteiger charge is -2.07. The Bertz CT molecular complexity index is 1280. The van der Waals surface area contributed by atoms with Crippen molar-refractivity contribution in [2.75, 3.05) is 7.11 Å². The highest BCUT2D eigenvalue weighted by atomic mass is 79.9. The van der Waals surface area contributed by atoms with E-state index >= 15 is 0 Å². The van der Waals surface area contributed by atoms with E-state index in [1.807, 2.05) is 37.3 Å². The van der Waals surface area contributed by atoms with Gasteiger partial charge in [-0.1, -0.05) is 35.9 Å². The van der Waals surface area contributed by atoms with E-state index in [-0.39, 0.29) is 4.90 Å². The molecule has 0 radical (unpaired) electrons. The molecule has 0 aliphatic rings. The number of halogens is 1. The van der Waals surface area contributed by atoms with E-state index in [4.69, 9.17) is 4.74 Å². The van der Waals surface area contributed by atoms with Gasteiger partial charge in [0.2, 0.25) is 0 Å². The Kier molecular flexibility index (Phi) is 4.72. The average molecular weight is 457 g/mol. The number of fused-ring (bicyclic) bond motifs is 1. The second-order valence-corrected chi connectivity index (χ2v) is 9.11. The zero-order chi connectivity index (χ0) is 19.9. The van der Waals surface area contributed by atoms with Gasteiger partial charge in [0.15, 0.2) is 5.65 Å². The summed E-state index contributed by atoms with van der Waals surface area (Å²) in [4.78, 5) is 4.60. The molecule has 0 saturated carbocycles. The lowest BCUT2D eigenvalue weighted by atomic mass is 10.1. The van der Waals surface area contributed by atoms with Crippen molar-refractivity contribution in [2.24, 2.45) is 0 Å². The molecule has 2 aromatic heterocycles. The molecule has 4 aromatic rings. The van der Waals surface area contributed by atoms with Crippen LogP contribution in [0.5, 0.6) is 5.75 Å². The van der Waals surface area contributed by atoms with Crippen LogP contribution in [0.25, 0.3) is 22.2 Å². The molecular formula is C21H17BrN2O3S. The van der Waals surface area contributed by atoms with E-state index in [9.17, 15) is 8.42 Å². The quantitative estimate of drug-likeness (QED) is 0.432. The molecule has 5 nitrogen and oxygen atoms in total. The van der Waals surface area contributed by atoms with Crippen LogP contribution in [-0.4, -0.2) is 24.5 Å². The fourth-order valence-electron chi connectivity index (χ4n) is 3.14.